The largest absolute Gasteiger partial charge is 0.352 e. The number of halogens is 1. The molecule has 0 aromatic heterocycles. The standard InChI is InChI=1S/C19H29ClN2O2/c1-5-10-18(23)22(13-15-11-8-9-12-16(15)20)17(7-3)19(24)21-14(4)6-2/h8-9,11-12,14,17H,5-7,10,13H2,1-4H3,(H,21,24)/t14-,17-/m0/s1. The number of carbonyl (C=O) groups excluding carboxylic acids is 2. The summed E-state index contributed by atoms with van der Waals surface area (Å²) in [6.45, 7) is 8.24. The van der Waals surface area contributed by atoms with E-state index in [2.05, 4.69) is 5.32 Å². The Hall–Kier alpha value is -1.55. The summed E-state index contributed by atoms with van der Waals surface area (Å²) in [7, 11) is 0. The topological polar surface area (TPSA) is 49.4 Å². The van der Waals surface area contributed by atoms with Crippen LogP contribution in [0.3, 0.4) is 0 Å². The molecule has 0 bridgehead atoms. The van der Waals surface area contributed by atoms with Crippen molar-refractivity contribution in [1.29, 1.82) is 0 Å². The van der Waals surface area contributed by atoms with Crippen LogP contribution in [0, 0.1) is 0 Å². The molecule has 1 aromatic carbocycles. The van der Waals surface area contributed by atoms with Gasteiger partial charge in [-0.2, -0.15) is 0 Å². The van der Waals surface area contributed by atoms with Crippen LogP contribution in [0.1, 0.15) is 58.9 Å². The molecule has 0 aliphatic heterocycles. The number of hydrogen-bond acceptors (Lipinski definition) is 2. The molecule has 5 heteroatoms. The number of rotatable bonds is 9. The summed E-state index contributed by atoms with van der Waals surface area (Å²) < 4.78 is 0. The van der Waals surface area contributed by atoms with Crippen LogP contribution in [0.4, 0.5) is 0 Å². The number of nitrogens with zero attached hydrogens (tertiary/aromatic N) is 1. The van der Waals surface area contributed by atoms with Gasteiger partial charge < -0.3 is 10.2 Å². The van der Waals surface area contributed by atoms with Gasteiger partial charge in [0.15, 0.2) is 0 Å². The maximum absolute atomic E-state index is 12.6. The molecule has 24 heavy (non-hydrogen) atoms. The number of hydrogen-bond donors (Lipinski definition) is 1. The van der Waals surface area contributed by atoms with Gasteiger partial charge in [-0.15, -0.1) is 0 Å². The minimum atomic E-state index is -0.477. The minimum Gasteiger partial charge on any atom is -0.352 e. The first-order chi connectivity index (χ1) is 11.4. The lowest BCUT2D eigenvalue weighted by Crippen LogP contribution is -2.50. The fourth-order valence-corrected chi connectivity index (χ4v) is 2.72. The van der Waals surface area contributed by atoms with Gasteiger partial charge in [0.1, 0.15) is 6.04 Å². The summed E-state index contributed by atoms with van der Waals surface area (Å²) in [6, 6.07) is 7.07. The molecule has 1 N–H and O–H groups in total. The monoisotopic (exact) mass is 352 g/mol. The number of nitrogens with one attached hydrogen (secondary N) is 1. The Kier molecular flexibility index (Phi) is 8.83. The van der Waals surface area contributed by atoms with Gasteiger partial charge in [0.2, 0.25) is 11.8 Å². The van der Waals surface area contributed by atoms with Crippen molar-refractivity contribution in [2.24, 2.45) is 0 Å². The highest BCUT2D eigenvalue weighted by Gasteiger charge is 2.29. The van der Waals surface area contributed by atoms with Crippen molar-refractivity contribution in [3.63, 3.8) is 0 Å². The zero-order chi connectivity index (χ0) is 18.1. The van der Waals surface area contributed by atoms with Crippen LogP contribution in [0.2, 0.25) is 5.02 Å². The summed E-state index contributed by atoms with van der Waals surface area (Å²) in [5, 5.41) is 3.61. The third-order valence-electron chi connectivity index (χ3n) is 4.15. The Balaban J connectivity index is 3.04. The lowest BCUT2D eigenvalue weighted by Gasteiger charge is -2.31. The predicted octanol–water partition coefficient (Wildman–Crippen LogP) is 4.16. The highest BCUT2D eigenvalue weighted by atomic mass is 35.5. The van der Waals surface area contributed by atoms with E-state index in [4.69, 9.17) is 11.6 Å². The molecule has 0 heterocycles. The highest BCUT2D eigenvalue weighted by Crippen LogP contribution is 2.20. The van der Waals surface area contributed by atoms with Gasteiger partial charge in [0.05, 0.1) is 0 Å². The maximum Gasteiger partial charge on any atom is 0.243 e. The summed E-state index contributed by atoms with van der Waals surface area (Å²) in [6.07, 6.45) is 2.61. The van der Waals surface area contributed by atoms with Gasteiger partial charge in [-0.25, -0.2) is 0 Å². The summed E-state index contributed by atoms with van der Waals surface area (Å²) in [4.78, 5) is 26.9. The molecule has 0 spiro atoms. The predicted molar refractivity (Wildman–Crippen MR) is 98.9 cm³/mol. The molecular weight excluding hydrogens is 324 g/mol. The fraction of sp³-hybridized carbons (Fsp3) is 0.579. The van der Waals surface area contributed by atoms with Gasteiger partial charge in [-0.1, -0.05) is 50.6 Å². The molecular formula is C19H29ClN2O2. The molecule has 0 radical (unpaired) electrons. The van der Waals surface area contributed by atoms with Gasteiger partial charge >= 0.3 is 0 Å². The Bertz CT molecular complexity index is 548. The summed E-state index contributed by atoms with van der Waals surface area (Å²) >= 11 is 6.25. The average Bonchev–Trinajstić information content (AvgIpc) is 2.56. The Morgan fingerprint density at radius 2 is 1.83 bits per heavy atom. The van der Waals surface area contributed by atoms with Gasteiger partial charge in [0.25, 0.3) is 0 Å². The van der Waals surface area contributed by atoms with E-state index in [1.807, 2.05) is 45.9 Å². The van der Waals surface area contributed by atoms with Crippen LogP contribution in [0.5, 0.6) is 0 Å². The molecule has 0 saturated carbocycles. The normalized spacial score (nSPS) is 13.2. The van der Waals surface area contributed by atoms with E-state index in [-0.39, 0.29) is 17.9 Å². The van der Waals surface area contributed by atoms with Crippen LogP contribution < -0.4 is 5.32 Å². The smallest absolute Gasteiger partial charge is 0.243 e. The van der Waals surface area contributed by atoms with Crippen molar-refractivity contribution in [1.82, 2.24) is 10.2 Å². The van der Waals surface area contributed by atoms with Crippen LogP contribution in [0.25, 0.3) is 0 Å². The van der Waals surface area contributed by atoms with Crippen molar-refractivity contribution < 1.29 is 9.59 Å². The van der Waals surface area contributed by atoms with Gasteiger partial charge in [0, 0.05) is 24.0 Å². The van der Waals surface area contributed by atoms with Crippen LogP contribution >= 0.6 is 11.6 Å². The SMILES string of the molecule is CCCC(=O)N(Cc1ccccc1Cl)[C@@H](CC)C(=O)N[C@@H](C)CC. The molecule has 0 aliphatic carbocycles. The van der Waals surface area contributed by atoms with E-state index < -0.39 is 6.04 Å². The van der Waals surface area contributed by atoms with E-state index in [9.17, 15) is 9.59 Å². The van der Waals surface area contributed by atoms with Crippen LogP contribution in [-0.2, 0) is 16.1 Å². The third kappa shape index (κ3) is 5.82. The van der Waals surface area contributed by atoms with Gasteiger partial charge in [-0.3, -0.25) is 9.59 Å². The quantitative estimate of drug-likeness (QED) is 0.725. The molecule has 0 aliphatic rings. The molecule has 134 valence electrons. The van der Waals surface area contributed by atoms with Crippen molar-refractivity contribution in [2.45, 2.75) is 72.0 Å². The molecule has 2 amide bonds. The van der Waals surface area contributed by atoms with E-state index in [1.54, 1.807) is 11.0 Å². The Morgan fingerprint density at radius 3 is 2.38 bits per heavy atom. The molecule has 1 aromatic rings. The fourth-order valence-electron chi connectivity index (χ4n) is 2.53. The average molecular weight is 353 g/mol. The number of benzene rings is 1. The highest BCUT2D eigenvalue weighted by molar-refractivity contribution is 6.31. The lowest BCUT2D eigenvalue weighted by molar-refractivity contribution is -0.141. The van der Waals surface area contributed by atoms with E-state index >= 15 is 0 Å². The zero-order valence-corrected chi connectivity index (χ0v) is 15.9. The molecule has 0 saturated heterocycles. The van der Waals surface area contributed by atoms with E-state index in [1.165, 1.54) is 0 Å². The van der Waals surface area contributed by atoms with Gasteiger partial charge in [-0.05, 0) is 37.8 Å². The molecule has 0 fully saturated rings. The van der Waals surface area contributed by atoms with Crippen molar-refractivity contribution in [3.05, 3.63) is 34.9 Å². The Labute approximate surface area is 150 Å². The molecule has 4 nitrogen and oxygen atoms in total. The second-order valence-electron chi connectivity index (χ2n) is 6.10. The van der Waals surface area contributed by atoms with Crippen molar-refractivity contribution in [3.8, 4) is 0 Å². The van der Waals surface area contributed by atoms with Crippen molar-refractivity contribution >= 4 is 23.4 Å². The second kappa shape index (κ2) is 10.3. The minimum absolute atomic E-state index is 0.0106. The lowest BCUT2D eigenvalue weighted by atomic mass is 10.1. The second-order valence-corrected chi connectivity index (χ2v) is 6.51. The molecule has 0 unspecified atom stereocenters. The number of carbonyl (C=O) groups is 2. The third-order valence-corrected chi connectivity index (χ3v) is 4.52. The first-order valence-electron chi connectivity index (χ1n) is 8.77. The molecule has 2 atom stereocenters. The maximum atomic E-state index is 12.6. The number of amides is 2. The summed E-state index contributed by atoms with van der Waals surface area (Å²) in [5.41, 5.74) is 0.860. The Morgan fingerprint density at radius 1 is 1.17 bits per heavy atom. The molecule has 1 rings (SSSR count). The van der Waals surface area contributed by atoms with Crippen molar-refractivity contribution in [2.75, 3.05) is 0 Å². The first kappa shape index (κ1) is 20.5. The first-order valence-corrected chi connectivity index (χ1v) is 9.15. The summed E-state index contributed by atoms with van der Waals surface area (Å²) in [5.74, 6) is -0.105. The van der Waals surface area contributed by atoms with E-state index in [0.29, 0.717) is 24.4 Å². The van der Waals surface area contributed by atoms with E-state index in [0.717, 1.165) is 18.4 Å². The zero-order valence-electron chi connectivity index (χ0n) is 15.1. The van der Waals surface area contributed by atoms with Crippen LogP contribution in [-0.4, -0.2) is 28.8 Å². The van der Waals surface area contributed by atoms with Crippen LogP contribution in [0.15, 0.2) is 24.3 Å².